The average Bonchev–Trinajstić information content (AvgIpc) is 2.46. The molecule has 1 aliphatic rings. The van der Waals surface area contributed by atoms with E-state index in [2.05, 4.69) is 41.2 Å². The van der Waals surface area contributed by atoms with Gasteiger partial charge in [0.2, 0.25) is 0 Å². The molecule has 0 atom stereocenters. The zero-order valence-corrected chi connectivity index (χ0v) is 14.4. The van der Waals surface area contributed by atoms with Crippen molar-refractivity contribution in [2.24, 2.45) is 16.5 Å². The zero-order valence-electron chi connectivity index (χ0n) is 12.1. The monoisotopic (exact) mass is 388 g/mol. The number of guanidine groups is 1. The van der Waals surface area contributed by atoms with Gasteiger partial charge in [0.1, 0.15) is 0 Å². The maximum Gasteiger partial charge on any atom is 0.186 e. The first-order valence-electron chi connectivity index (χ1n) is 7.04. The summed E-state index contributed by atoms with van der Waals surface area (Å²) in [4.78, 5) is 6.42. The number of hydrogen-bond donors (Lipinski definition) is 2. The van der Waals surface area contributed by atoms with E-state index in [0.717, 1.165) is 5.56 Å². The van der Waals surface area contributed by atoms with E-state index in [1.54, 1.807) is 0 Å². The molecule has 0 heterocycles. The Balaban J connectivity index is 0.00000200. The quantitative estimate of drug-likeness (QED) is 0.474. The lowest BCUT2D eigenvalue weighted by molar-refractivity contribution is 0.427. The fourth-order valence-electron chi connectivity index (χ4n) is 2.70. The minimum absolute atomic E-state index is 0. The molecule has 1 aromatic rings. The second kappa shape index (κ2) is 8.34. The van der Waals surface area contributed by atoms with Crippen LogP contribution in [0.4, 0.5) is 5.69 Å². The van der Waals surface area contributed by atoms with Crippen LogP contribution in [0, 0.1) is 0 Å². The Kier molecular flexibility index (Phi) is 7.12. The van der Waals surface area contributed by atoms with Crippen LogP contribution in [0.15, 0.2) is 29.3 Å². The Labute approximate surface area is 138 Å². The van der Waals surface area contributed by atoms with E-state index in [1.165, 1.54) is 37.8 Å². The number of hydrogen-bond acceptors (Lipinski definition) is 2. The molecule has 1 aromatic carbocycles. The van der Waals surface area contributed by atoms with E-state index in [1.807, 2.05) is 0 Å². The van der Waals surface area contributed by atoms with E-state index in [4.69, 9.17) is 11.5 Å². The van der Waals surface area contributed by atoms with Crippen LogP contribution in [0.25, 0.3) is 0 Å². The summed E-state index contributed by atoms with van der Waals surface area (Å²) >= 11 is 0. The smallest absolute Gasteiger partial charge is 0.186 e. The highest BCUT2D eigenvalue weighted by atomic mass is 127. The standard InChI is InChI=1S/C15H24N4.HI/c1-19(13-5-3-2-4-6-13)14-9-7-12(8-10-14)11-18-15(16)17;/h7-10,13H,2-6,11H2,1H3,(H4,16,17,18);1H. The van der Waals surface area contributed by atoms with Crippen molar-refractivity contribution >= 4 is 35.6 Å². The molecule has 4 N–H and O–H groups in total. The van der Waals surface area contributed by atoms with Gasteiger partial charge in [0.05, 0.1) is 6.54 Å². The number of nitrogens with two attached hydrogens (primary N) is 2. The zero-order chi connectivity index (χ0) is 13.7. The van der Waals surface area contributed by atoms with E-state index in [9.17, 15) is 0 Å². The van der Waals surface area contributed by atoms with Gasteiger partial charge in [0.25, 0.3) is 0 Å². The van der Waals surface area contributed by atoms with Crippen LogP contribution in [0.5, 0.6) is 0 Å². The summed E-state index contributed by atoms with van der Waals surface area (Å²) in [5.74, 6) is 0.142. The van der Waals surface area contributed by atoms with Crippen LogP contribution >= 0.6 is 24.0 Å². The molecule has 0 aromatic heterocycles. The first kappa shape index (κ1) is 17.1. The van der Waals surface area contributed by atoms with Crippen molar-refractivity contribution in [3.63, 3.8) is 0 Å². The Hall–Kier alpha value is -0.980. The van der Waals surface area contributed by atoms with Crippen LogP contribution in [0.1, 0.15) is 37.7 Å². The molecule has 1 saturated carbocycles. The van der Waals surface area contributed by atoms with Gasteiger partial charge in [0.15, 0.2) is 5.96 Å². The summed E-state index contributed by atoms with van der Waals surface area (Å²) in [6.07, 6.45) is 6.73. The van der Waals surface area contributed by atoms with Crippen molar-refractivity contribution in [3.05, 3.63) is 29.8 Å². The summed E-state index contributed by atoms with van der Waals surface area (Å²) in [6, 6.07) is 9.21. The van der Waals surface area contributed by atoms with Crippen LogP contribution in [-0.2, 0) is 6.54 Å². The molecule has 0 spiro atoms. The van der Waals surface area contributed by atoms with E-state index in [0.29, 0.717) is 12.6 Å². The average molecular weight is 388 g/mol. The molecule has 20 heavy (non-hydrogen) atoms. The van der Waals surface area contributed by atoms with Crippen LogP contribution in [0.3, 0.4) is 0 Å². The maximum atomic E-state index is 5.34. The lowest BCUT2D eigenvalue weighted by atomic mass is 9.94. The fraction of sp³-hybridized carbons (Fsp3) is 0.533. The minimum Gasteiger partial charge on any atom is -0.372 e. The minimum atomic E-state index is 0. The number of halogens is 1. The molecular formula is C15H25IN4. The lowest BCUT2D eigenvalue weighted by Crippen LogP contribution is -2.33. The molecule has 0 saturated heterocycles. The topological polar surface area (TPSA) is 67.6 Å². The predicted molar refractivity (Wildman–Crippen MR) is 96.6 cm³/mol. The predicted octanol–water partition coefficient (Wildman–Crippen LogP) is 2.85. The van der Waals surface area contributed by atoms with Gasteiger partial charge in [-0.15, -0.1) is 24.0 Å². The van der Waals surface area contributed by atoms with Crippen LogP contribution < -0.4 is 16.4 Å². The van der Waals surface area contributed by atoms with Gasteiger partial charge in [-0.1, -0.05) is 31.4 Å². The third-order valence-corrected chi connectivity index (χ3v) is 3.91. The normalized spacial score (nSPS) is 15.2. The number of anilines is 1. The summed E-state index contributed by atoms with van der Waals surface area (Å²) < 4.78 is 0. The molecule has 5 heteroatoms. The highest BCUT2D eigenvalue weighted by Crippen LogP contribution is 2.26. The number of benzene rings is 1. The molecule has 1 fully saturated rings. The van der Waals surface area contributed by atoms with Gasteiger partial charge >= 0.3 is 0 Å². The van der Waals surface area contributed by atoms with Crippen molar-refractivity contribution in [2.45, 2.75) is 44.7 Å². The van der Waals surface area contributed by atoms with Crippen LogP contribution in [-0.4, -0.2) is 19.0 Å². The van der Waals surface area contributed by atoms with E-state index >= 15 is 0 Å². The number of aliphatic imine (C=N–C) groups is 1. The summed E-state index contributed by atoms with van der Waals surface area (Å²) in [6.45, 7) is 0.551. The van der Waals surface area contributed by atoms with Gasteiger partial charge < -0.3 is 16.4 Å². The molecule has 0 amide bonds. The van der Waals surface area contributed by atoms with E-state index in [-0.39, 0.29) is 29.9 Å². The molecule has 0 unspecified atom stereocenters. The molecular weight excluding hydrogens is 363 g/mol. The Morgan fingerprint density at radius 1 is 1.15 bits per heavy atom. The summed E-state index contributed by atoms with van der Waals surface area (Å²) in [5, 5.41) is 0. The van der Waals surface area contributed by atoms with Crippen molar-refractivity contribution in [3.8, 4) is 0 Å². The molecule has 4 nitrogen and oxygen atoms in total. The summed E-state index contributed by atoms with van der Waals surface area (Å²) in [7, 11) is 2.20. The van der Waals surface area contributed by atoms with Gasteiger partial charge in [0, 0.05) is 18.8 Å². The Morgan fingerprint density at radius 3 is 2.30 bits per heavy atom. The maximum absolute atomic E-state index is 5.34. The second-order valence-electron chi connectivity index (χ2n) is 5.31. The largest absolute Gasteiger partial charge is 0.372 e. The lowest BCUT2D eigenvalue weighted by Gasteiger charge is -2.33. The second-order valence-corrected chi connectivity index (χ2v) is 5.31. The molecule has 0 radical (unpaired) electrons. The number of nitrogens with zero attached hydrogens (tertiary/aromatic N) is 2. The molecule has 2 rings (SSSR count). The van der Waals surface area contributed by atoms with E-state index < -0.39 is 0 Å². The fourth-order valence-corrected chi connectivity index (χ4v) is 2.70. The highest BCUT2D eigenvalue weighted by Gasteiger charge is 2.17. The third kappa shape index (κ3) is 4.85. The number of rotatable bonds is 4. The van der Waals surface area contributed by atoms with Crippen molar-refractivity contribution in [1.82, 2.24) is 0 Å². The Bertz CT molecular complexity index is 420. The van der Waals surface area contributed by atoms with Gasteiger partial charge in [-0.05, 0) is 30.5 Å². The van der Waals surface area contributed by atoms with Crippen molar-refractivity contribution in [1.29, 1.82) is 0 Å². The summed E-state index contributed by atoms with van der Waals surface area (Å²) in [5.41, 5.74) is 13.1. The van der Waals surface area contributed by atoms with Crippen molar-refractivity contribution in [2.75, 3.05) is 11.9 Å². The first-order chi connectivity index (χ1) is 9.16. The van der Waals surface area contributed by atoms with Gasteiger partial charge in [-0.2, -0.15) is 0 Å². The highest BCUT2D eigenvalue weighted by molar-refractivity contribution is 14.0. The van der Waals surface area contributed by atoms with Crippen LogP contribution in [0.2, 0.25) is 0 Å². The molecule has 0 bridgehead atoms. The molecule has 1 aliphatic carbocycles. The molecule has 0 aliphatic heterocycles. The third-order valence-electron chi connectivity index (χ3n) is 3.91. The first-order valence-corrected chi connectivity index (χ1v) is 7.04. The molecule has 112 valence electrons. The Morgan fingerprint density at radius 2 is 1.75 bits per heavy atom. The SMILES string of the molecule is CN(c1ccc(CN=C(N)N)cc1)C1CCCCC1.I. The van der Waals surface area contributed by atoms with Gasteiger partial charge in [-0.25, -0.2) is 4.99 Å². The van der Waals surface area contributed by atoms with Gasteiger partial charge in [-0.3, -0.25) is 0 Å². The van der Waals surface area contributed by atoms with Crippen molar-refractivity contribution < 1.29 is 0 Å².